The summed E-state index contributed by atoms with van der Waals surface area (Å²) in [6, 6.07) is 5.29. The minimum atomic E-state index is 0.519. The van der Waals surface area contributed by atoms with Gasteiger partial charge < -0.3 is 10.6 Å². The Morgan fingerprint density at radius 1 is 1.33 bits per heavy atom. The van der Waals surface area contributed by atoms with Crippen molar-refractivity contribution in [3.63, 3.8) is 0 Å². The second kappa shape index (κ2) is 4.76. The van der Waals surface area contributed by atoms with Crippen LogP contribution in [0.5, 0.6) is 0 Å². The number of rotatable bonds is 1. The van der Waals surface area contributed by atoms with Crippen molar-refractivity contribution in [1.82, 2.24) is 9.88 Å². The molecule has 98 valence electrons. The SMILES string of the molecule is CC1CN2CCCCC2CN1c1cccnc1N. The number of nitrogens with zero attached hydrogens (tertiary/aromatic N) is 3. The third-order valence-corrected chi connectivity index (χ3v) is 4.31. The summed E-state index contributed by atoms with van der Waals surface area (Å²) in [4.78, 5) is 9.30. The van der Waals surface area contributed by atoms with E-state index in [1.807, 2.05) is 6.07 Å². The first-order valence-corrected chi connectivity index (χ1v) is 6.97. The van der Waals surface area contributed by atoms with Crippen LogP contribution in [0.25, 0.3) is 0 Å². The third-order valence-electron chi connectivity index (χ3n) is 4.31. The fraction of sp³-hybridized carbons (Fsp3) is 0.643. The summed E-state index contributed by atoms with van der Waals surface area (Å²) in [6.07, 6.45) is 5.81. The summed E-state index contributed by atoms with van der Waals surface area (Å²) in [5, 5.41) is 0. The molecule has 2 aliphatic rings. The van der Waals surface area contributed by atoms with E-state index < -0.39 is 0 Å². The number of hydrogen-bond acceptors (Lipinski definition) is 4. The molecular weight excluding hydrogens is 224 g/mol. The predicted octanol–water partition coefficient (Wildman–Crippen LogP) is 1.73. The van der Waals surface area contributed by atoms with Gasteiger partial charge >= 0.3 is 0 Å². The number of piperidine rings is 1. The van der Waals surface area contributed by atoms with Crippen molar-refractivity contribution in [3.05, 3.63) is 18.3 Å². The topological polar surface area (TPSA) is 45.4 Å². The van der Waals surface area contributed by atoms with E-state index in [1.165, 1.54) is 25.8 Å². The van der Waals surface area contributed by atoms with Gasteiger partial charge in [0.1, 0.15) is 5.82 Å². The number of nitrogens with two attached hydrogens (primary N) is 1. The van der Waals surface area contributed by atoms with E-state index >= 15 is 0 Å². The molecule has 0 aliphatic carbocycles. The standard InChI is InChI=1S/C14H22N4/c1-11-9-17-8-3-2-5-12(17)10-18(11)13-6-4-7-16-14(13)15/h4,6-7,11-12H,2-3,5,8-10H2,1H3,(H2,15,16). The highest BCUT2D eigenvalue weighted by Gasteiger charge is 2.33. The summed E-state index contributed by atoms with van der Waals surface area (Å²) in [7, 11) is 0. The van der Waals surface area contributed by atoms with Gasteiger partial charge in [0.05, 0.1) is 5.69 Å². The maximum Gasteiger partial charge on any atom is 0.146 e. The molecule has 2 N–H and O–H groups in total. The molecule has 0 bridgehead atoms. The molecule has 4 nitrogen and oxygen atoms in total. The lowest BCUT2D eigenvalue weighted by Crippen LogP contribution is -2.59. The van der Waals surface area contributed by atoms with Crippen LogP contribution in [0.15, 0.2) is 18.3 Å². The first kappa shape index (κ1) is 11.8. The van der Waals surface area contributed by atoms with E-state index in [-0.39, 0.29) is 0 Å². The van der Waals surface area contributed by atoms with Gasteiger partial charge in [-0.3, -0.25) is 4.90 Å². The maximum atomic E-state index is 6.02. The fourth-order valence-corrected chi connectivity index (χ4v) is 3.34. The Kier molecular flexibility index (Phi) is 3.12. The van der Waals surface area contributed by atoms with Crippen LogP contribution >= 0.6 is 0 Å². The van der Waals surface area contributed by atoms with Gasteiger partial charge in [-0.1, -0.05) is 6.42 Å². The molecule has 2 atom stereocenters. The van der Waals surface area contributed by atoms with Crippen LogP contribution in [0.2, 0.25) is 0 Å². The van der Waals surface area contributed by atoms with E-state index in [4.69, 9.17) is 5.73 Å². The Balaban J connectivity index is 1.82. The number of pyridine rings is 1. The fourth-order valence-electron chi connectivity index (χ4n) is 3.34. The van der Waals surface area contributed by atoms with E-state index in [0.717, 1.165) is 18.8 Å². The summed E-state index contributed by atoms with van der Waals surface area (Å²) < 4.78 is 0. The number of aromatic nitrogens is 1. The van der Waals surface area contributed by atoms with Crippen LogP contribution in [-0.4, -0.2) is 41.6 Å². The monoisotopic (exact) mass is 246 g/mol. The molecule has 0 amide bonds. The molecule has 2 unspecified atom stereocenters. The second-order valence-electron chi connectivity index (χ2n) is 5.55. The average molecular weight is 246 g/mol. The van der Waals surface area contributed by atoms with Crippen molar-refractivity contribution >= 4 is 11.5 Å². The Bertz CT molecular complexity index is 420. The molecule has 0 aromatic carbocycles. The van der Waals surface area contributed by atoms with Crippen molar-refractivity contribution in [2.75, 3.05) is 30.3 Å². The first-order chi connectivity index (χ1) is 8.75. The van der Waals surface area contributed by atoms with Crippen molar-refractivity contribution in [2.24, 2.45) is 0 Å². The number of piperazine rings is 1. The molecule has 3 heterocycles. The lowest BCUT2D eigenvalue weighted by molar-refractivity contribution is 0.115. The highest BCUT2D eigenvalue weighted by Crippen LogP contribution is 2.30. The minimum Gasteiger partial charge on any atom is -0.382 e. The van der Waals surface area contributed by atoms with E-state index in [9.17, 15) is 0 Å². The molecule has 0 spiro atoms. The molecule has 3 rings (SSSR count). The number of fused-ring (bicyclic) bond motifs is 1. The Hall–Kier alpha value is -1.29. The smallest absolute Gasteiger partial charge is 0.146 e. The van der Waals surface area contributed by atoms with Crippen molar-refractivity contribution < 1.29 is 0 Å². The molecule has 1 aromatic heterocycles. The van der Waals surface area contributed by atoms with Crippen molar-refractivity contribution in [2.45, 2.75) is 38.3 Å². The van der Waals surface area contributed by atoms with Crippen LogP contribution in [0.3, 0.4) is 0 Å². The molecule has 0 saturated carbocycles. The Morgan fingerprint density at radius 3 is 3.06 bits per heavy atom. The zero-order chi connectivity index (χ0) is 12.5. The molecule has 2 saturated heterocycles. The zero-order valence-electron chi connectivity index (χ0n) is 11.0. The van der Waals surface area contributed by atoms with Crippen molar-refractivity contribution in [1.29, 1.82) is 0 Å². The van der Waals surface area contributed by atoms with Crippen LogP contribution in [0.1, 0.15) is 26.2 Å². The van der Waals surface area contributed by atoms with E-state index in [0.29, 0.717) is 17.9 Å². The average Bonchev–Trinajstić information content (AvgIpc) is 2.39. The molecule has 1 aromatic rings. The summed E-state index contributed by atoms with van der Waals surface area (Å²) in [5.41, 5.74) is 7.12. The van der Waals surface area contributed by atoms with Gasteiger partial charge in [-0.15, -0.1) is 0 Å². The molecule has 2 fully saturated rings. The zero-order valence-corrected chi connectivity index (χ0v) is 11.0. The van der Waals surface area contributed by atoms with E-state index in [2.05, 4.69) is 27.8 Å². The minimum absolute atomic E-state index is 0.519. The first-order valence-electron chi connectivity index (χ1n) is 6.97. The third kappa shape index (κ3) is 2.05. The Morgan fingerprint density at radius 2 is 2.22 bits per heavy atom. The maximum absolute atomic E-state index is 6.02. The lowest BCUT2D eigenvalue weighted by Gasteiger charge is -2.48. The summed E-state index contributed by atoms with van der Waals surface area (Å²) in [5.74, 6) is 0.661. The molecular formula is C14H22N4. The summed E-state index contributed by atoms with van der Waals surface area (Å²) in [6.45, 7) is 5.80. The van der Waals surface area contributed by atoms with E-state index in [1.54, 1.807) is 6.20 Å². The highest BCUT2D eigenvalue weighted by molar-refractivity contribution is 5.63. The molecule has 2 aliphatic heterocycles. The summed E-state index contributed by atoms with van der Waals surface area (Å²) >= 11 is 0. The van der Waals surface area contributed by atoms with Gasteiger partial charge in [-0.05, 0) is 38.4 Å². The van der Waals surface area contributed by atoms with Gasteiger partial charge in [0.15, 0.2) is 0 Å². The number of hydrogen-bond donors (Lipinski definition) is 1. The van der Waals surface area contributed by atoms with Crippen LogP contribution in [-0.2, 0) is 0 Å². The normalized spacial score (nSPS) is 29.1. The number of anilines is 2. The largest absolute Gasteiger partial charge is 0.382 e. The van der Waals surface area contributed by atoms with Gasteiger partial charge in [-0.2, -0.15) is 0 Å². The number of nitrogen functional groups attached to an aromatic ring is 1. The van der Waals surface area contributed by atoms with Crippen molar-refractivity contribution in [3.8, 4) is 0 Å². The van der Waals surface area contributed by atoms with Gasteiger partial charge in [0.25, 0.3) is 0 Å². The van der Waals surface area contributed by atoms with Gasteiger partial charge in [0, 0.05) is 31.4 Å². The van der Waals surface area contributed by atoms with Crippen LogP contribution in [0.4, 0.5) is 11.5 Å². The van der Waals surface area contributed by atoms with Gasteiger partial charge in [-0.25, -0.2) is 4.98 Å². The molecule has 0 radical (unpaired) electrons. The molecule has 18 heavy (non-hydrogen) atoms. The lowest BCUT2D eigenvalue weighted by atomic mass is 9.97. The van der Waals surface area contributed by atoms with Gasteiger partial charge in [0.2, 0.25) is 0 Å². The Labute approximate surface area is 109 Å². The van der Waals surface area contributed by atoms with Crippen LogP contribution in [0, 0.1) is 0 Å². The van der Waals surface area contributed by atoms with Crippen LogP contribution < -0.4 is 10.6 Å². The quantitative estimate of drug-likeness (QED) is 0.819. The molecule has 4 heteroatoms. The second-order valence-corrected chi connectivity index (χ2v) is 5.55. The highest BCUT2D eigenvalue weighted by atomic mass is 15.3. The predicted molar refractivity (Wildman–Crippen MR) is 74.7 cm³/mol.